The van der Waals surface area contributed by atoms with Gasteiger partial charge in [-0.3, -0.25) is 9.59 Å². The van der Waals surface area contributed by atoms with E-state index in [0.29, 0.717) is 0 Å². The fourth-order valence-corrected chi connectivity index (χ4v) is 1.64. The maximum atomic E-state index is 12.1. The highest BCUT2D eigenvalue weighted by molar-refractivity contribution is 6.10. The maximum absolute atomic E-state index is 12.1. The Morgan fingerprint density at radius 3 is 2.26 bits per heavy atom. The molecule has 0 fully saturated rings. The van der Waals surface area contributed by atoms with Gasteiger partial charge in [0.25, 0.3) is 0 Å². The lowest BCUT2D eigenvalue weighted by Gasteiger charge is -2.16. The molecule has 0 amide bonds. The van der Waals surface area contributed by atoms with Gasteiger partial charge in [0.1, 0.15) is 11.5 Å². The minimum absolute atomic E-state index is 0.0592. The summed E-state index contributed by atoms with van der Waals surface area (Å²) in [4.78, 5) is 24.0. The summed E-state index contributed by atoms with van der Waals surface area (Å²) in [5, 5.41) is 9.77. The smallest absolute Gasteiger partial charge is 0.173 e. The Balaban J connectivity index is 3.00. The third-order valence-corrected chi connectivity index (χ3v) is 3.15. The molecule has 19 heavy (non-hydrogen) atoms. The molecule has 3 heteroatoms. The average Bonchev–Trinajstić information content (AvgIpc) is 2.27. The summed E-state index contributed by atoms with van der Waals surface area (Å²) in [7, 11) is 0. The molecule has 0 saturated carbocycles. The van der Waals surface area contributed by atoms with Crippen LogP contribution in [0.2, 0.25) is 0 Å². The number of rotatable bonds is 4. The van der Waals surface area contributed by atoms with Crippen molar-refractivity contribution in [1.29, 1.82) is 0 Å². The summed E-state index contributed by atoms with van der Waals surface area (Å²) >= 11 is 0. The van der Waals surface area contributed by atoms with Gasteiger partial charge in [0.05, 0.1) is 12.0 Å². The molecule has 0 aliphatic carbocycles. The lowest BCUT2D eigenvalue weighted by atomic mass is 9.86. The average molecular weight is 262 g/mol. The van der Waals surface area contributed by atoms with Gasteiger partial charge in [-0.2, -0.15) is 0 Å². The third-order valence-electron chi connectivity index (χ3n) is 3.15. The van der Waals surface area contributed by atoms with E-state index in [1.807, 2.05) is 13.8 Å². The second-order valence-electron chi connectivity index (χ2n) is 6.20. The predicted molar refractivity (Wildman–Crippen MR) is 75.6 cm³/mol. The molecule has 0 spiro atoms. The molecule has 0 aromatic heterocycles. The first kappa shape index (κ1) is 15.4. The second-order valence-corrected chi connectivity index (χ2v) is 6.20. The van der Waals surface area contributed by atoms with Crippen molar-refractivity contribution in [2.75, 3.05) is 0 Å². The number of aromatic hydroxyl groups is 1. The van der Waals surface area contributed by atoms with Crippen LogP contribution in [-0.4, -0.2) is 16.7 Å². The Kier molecular flexibility index (Phi) is 4.51. The zero-order valence-electron chi connectivity index (χ0n) is 12.3. The summed E-state index contributed by atoms with van der Waals surface area (Å²) in [6.45, 7) is 9.38. The first-order valence-corrected chi connectivity index (χ1v) is 6.52. The van der Waals surface area contributed by atoms with E-state index in [4.69, 9.17) is 0 Å². The molecule has 0 aliphatic rings. The van der Waals surface area contributed by atoms with Gasteiger partial charge in [-0.05, 0) is 23.6 Å². The first-order chi connectivity index (χ1) is 8.62. The van der Waals surface area contributed by atoms with Crippen LogP contribution in [0.4, 0.5) is 0 Å². The number of ketones is 2. The minimum Gasteiger partial charge on any atom is -0.507 e. The van der Waals surface area contributed by atoms with Crippen molar-refractivity contribution in [3.05, 3.63) is 29.3 Å². The van der Waals surface area contributed by atoms with Crippen LogP contribution in [-0.2, 0) is 4.79 Å². The predicted octanol–water partition coefficient (Wildman–Crippen LogP) is 3.70. The molecule has 0 heterocycles. The SMILES string of the molecule is CC(C)c1ccc(O)c(C(=O)CC(=O)C(C)(C)C)c1. The Morgan fingerprint density at radius 1 is 1.21 bits per heavy atom. The molecule has 0 unspecified atom stereocenters. The molecule has 1 rings (SSSR count). The van der Waals surface area contributed by atoms with Crippen LogP contribution in [0.3, 0.4) is 0 Å². The van der Waals surface area contributed by atoms with Crippen molar-refractivity contribution in [2.45, 2.75) is 47.0 Å². The Labute approximate surface area is 114 Å². The lowest BCUT2D eigenvalue weighted by molar-refractivity contribution is -0.125. The number of carbonyl (C=O) groups is 2. The zero-order chi connectivity index (χ0) is 14.8. The molecule has 3 nitrogen and oxygen atoms in total. The normalized spacial score (nSPS) is 11.7. The van der Waals surface area contributed by atoms with Gasteiger partial charge in [0, 0.05) is 5.41 Å². The monoisotopic (exact) mass is 262 g/mol. The number of Topliss-reactive ketones (excluding diaryl/α,β-unsaturated/α-hetero) is 2. The molecule has 0 radical (unpaired) electrons. The standard InChI is InChI=1S/C16H22O3/c1-10(2)11-6-7-13(17)12(8-11)14(18)9-15(19)16(3,4)5/h6-8,10,17H,9H2,1-5H3. The van der Waals surface area contributed by atoms with Crippen LogP contribution in [0, 0.1) is 5.41 Å². The number of hydrogen-bond donors (Lipinski definition) is 1. The van der Waals surface area contributed by atoms with E-state index in [2.05, 4.69) is 0 Å². The fraction of sp³-hybridized carbons (Fsp3) is 0.500. The van der Waals surface area contributed by atoms with E-state index < -0.39 is 5.41 Å². The van der Waals surface area contributed by atoms with Gasteiger partial charge in [-0.25, -0.2) is 0 Å². The van der Waals surface area contributed by atoms with E-state index in [1.165, 1.54) is 6.07 Å². The molecule has 0 saturated heterocycles. The van der Waals surface area contributed by atoms with Gasteiger partial charge >= 0.3 is 0 Å². The zero-order valence-corrected chi connectivity index (χ0v) is 12.3. The van der Waals surface area contributed by atoms with Gasteiger partial charge in [0.2, 0.25) is 0 Å². The largest absolute Gasteiger partial charge is 0.507 e. The van der Waals surface area contributed by atoms with Gasteiger partial charge in [-0.1, -0.05) is 40.7 Å². The molecule has 104 valence electrons. The van der Waals surface area contributed by atoms with Crippen molar-refractivity contribution in [3.63, 3.8) is 0 Å². The van der Waals surface area contributed by atoms with Gasteiger partial charge in [-0.15, -0.1) is 0 Å². The van der Waals surface area contributed by atoms with Crippen molar-refractivity contribution >= 4 is 11.6 Å². The van der Waals surface area contributed by atoms with Crippen LogP contribution in [0.5, 0.6) is 5.75 Å². The van der Waals surface area contributed by atoms with Gasteiger partial charge < -0.3 is 5.11 Å². The van der Waals surface area contributed by atoms with Crippen LogP contribution >= 0.6 is 0 Å². The topological polar surface area (TPSA) is 54.4 Å². The third kappa shape index (κ3) is 3.91. The van der Waals surface area contributed by atoms with Crippen LogP contribution in [0.25, 0.3) is 0 Å². The number of phenols is 1. The highest BCUT2D eigenvalue weighted by atomic mass is 16.3. The molecule has 0 atom stereocenters. The second kappa shape index (κ2) is 5.55. The highest BCUT2D eigenvalue weighted by Gasteiger charge is 2.25. The molecule has 0 bridgehead atoms. The summed E-state index contributed by atoms with van der Waals surface area (Å²) in [6.07, 6.45) is -0.168. The molecule has 1 N–H and O–H groups in total. The molecular formula is C16H22O3. The molecule has 1 aromatic rings. The van der Waals surface area contributed by atoms with Gasteiger partial charge in [0.15, 0.2) is 5.78 Å². The molecular weight excluding hydrogens is 240 g/mol. The van der Waals surface area contributed by atoms with Crippen molar-refractivity contribution in [3.8, 4) is 5.75 Å². The Morgan fingerprint density at radius 2 is 1.79 bits per heavy atom. The van der Waals surface area contributed by atoms with E-state index in [0.717, 1.165) is 5.56 Å². The van der Waals surface area contributed by atoms with E-state index >= 15 is 0 Å². The first-order valence-electron chi connectivity index (χ1n) is 6.52. The van der Waals surface area contributed by atoms with Crippen LogP contribution in [0.1, 0.15) is 62.9 Å². The Bertz CT molecular complexity index is 493. The number of hydrogen-bond acceptors (Lipinski definition) is 3. The summed E-state index contributed by atoms with van der Waals surface area (Å²) < 4.78 is 0. The molecule has 1 aromatic carbocycles. The lowest BCUT2D eigenvalue weighted by Crippen LogP contribution is -2.23. The molecule has 0 aliphatic heterocycles. The highest BCUT2D eigenvalue weighted by Crippen LogP contribution is 2.26. The van der Waals surface area contributed by atoms with Crippen molar-refractivity contribution < 1.29 is 14.7 Å². The van der Waals surface area contributed by atoms with Crippen molar-refractivity contribution in [2.24, 2.45) is 5.41 Å². The van der Waals surface area contributed by atoms with E-state index in [9.17, 15) is 14.7 Å². The quantitative estimate of drug-likeness (QED) is 0.665. The number of benzene rings is 1. The van der Waals surface area contributed by atoms with Crippen molar-refractivity contribution in [1.82, 2.24) is 0 Å². The summed E-state index contributed by atoms with van der Waals surface area (Å²) in [5.74, 6) is -0.228. The minimum atomic E-state index is -0.541. The van der Waals surface area contributed by atoms with Crippen LogP contribution in [0.15, 0.2) is 18.2 Å². The van der Waals surface area contributed by atoms with Crippen LogP contribution < -0.4 is 0 Å². The summed E-state index contributed by atoms with van der Waals surface area (Å²) in [5.41, 5.74) is 0.675. The van der Waals surface area contributed by atoms with E-state index in [-0.39, 0.29) is 35.2 Å². The number of carbonyl (C=O) groups excluding carboxylic acids is 2. The summed E-state index contributed by atoms with van der Waals surface area (Å²) in [6, 6.07) is 4.99. The van der Waals surface area contributed by atoms with E-state index in [1.54, 1.807) is 32.9 Å². The maximum Gasteiger partial charge on any atom is 0.173 e. The fourth-order valence-electron chi connectivity index (χ4n) is 1.64. The number of phenolic OH excluding ortho intramolecular Hbond substituents is 1. The Hall–Kier alpha value is -1.64.